The Hall–Kier alpha value is -1.52. The third kappa shape index (κ3) is 3.48. The van der Waals surface area contributed by atoms with Gasteiger partial charge in [0.25, 0.3) is 6.01 Å². The van der Waals surface area contributed by atoms with Crippen LogP contribution in [-0.4, -0.2) is 22.6 Å². The average molecular weight is 252 g/mol. The SMILES string of the molecule is CC1CCC(CCNc2nc(C(=O)O)co2)CC1. The van der Waals surface area contributed by atoms with Crippen molar-refractivity contribution >= 4 is 12.0 Å². The molecule has 0 amide bonds. The van der Waals surface area contributed by atoms with E-state index in [0.29, 0.717) is 6.01 Å². The number of rotatable bonds is 5. The predicted octanol–water partition coefficient (Wildman–Crippen LogP) is 3.00. The fraction of sp³-hybridized carbons (Fsp3) is 0.692. The summed E-state index contributed by atoms with van der Waals surface area (Å²) in [4.78, 5) is 14.4. The number of oxazole rings is 1. The Morgan fingerprint density at radius 3 is 2.83 bits per heavy atom. The second-order valence-corrected chi connectivity index (χ2v) is 5.18. The summed E-state index contributed by atoms with van der Waals surface area (Å²) in [6, 6.07) is 0.302. The number of hydrogen-bond donors (Lipinski definition) is 2. The van der Waals surface area contributed by atoms with Crippen LogP contribution in [0, 0.1) is 11.8 Å². The molecule has 0 radical (unpaired) electrons. The van der Waals surface area contributed by atoms with Gasteiger partial charge in [-0.2, -0.15) is 4.98 Å². The largest absolute Gasteiger partial charge is 0.476 e. The highest BCUT2D eigenvalue weighted by molar-refractivity contribution is 5.85. The van der Waals surface area contributed by atoms with Crippen molar-refractivity contribution in [2.24, 2.45) is 11.8 Å². The van der Waals surface area contributed by atoms with E-state index >= 15 is 0 Å². The maximum absolute atomic E-state index is 10.6. The second kappa shape index (κ2) is 5.89. The highest BCUT2D eigenvalue weighted by Crippen LogP contribution is 2.30. The first kappa shape index (κ1) is 12.9. The van der Waals surface area contributed by atoms with E-state index in [0.717, 1.165) is 31.1 Å². The highest BCUT2D eigenvalue weighted by Gasteiger charge is 2.18. The summed E-state index contributed by atoms with van der Waals surface area (Å²) < 4.78 is 5.03. The van der Waals surface area contributed by atoms with Crippen molar-refractivity contribution in [3.05, 3.63) is 12.0 Å². The Bertz CT molecular complexity index is 395. The lowest BCUT2D eigenvalue weighted by Crippen LogP contribution is -2.15. The maximum atomic E-state index is 10.6. The minimum Gasteiger partial charge on any atom is -0.476 e. The zero-order valence-electron chi connectivity index (χ0n) is 10.7. The third-order valence-electron chi connectivity index (χ3n) is 3.69. The molecule has 5 heteroatoms. The van der Waals surface area contributed by atoms with Crippen molar-refractivity contribution in [3.63, 3.8) is 0 Å². The number of hydrogen-bond acceptors (Lipinski definition) is 4. The molecule has 0 saturated heterocycles. The zero-order chi connectivity index (χ0) is 13.0. The van der Waals surface area contributed by atoms with Gasteiger partial charge >= 0.3 is 5.97 Å². The molecule has 0 aliphatic heterocycles. The van der Waals surface area contributed by atoms with Gasteiger partial charge in [0.15, 0.2) is 5.69 Å². The normalized spacial score (nSPS) is 23.8. The van der Waals surface area contributed by atoms with Gasteiger partial charge in [-0.1, -0.05) is 32.6 Å². The van der Waals surface area contributed by atoms with Crippen molar-refractivity contribution < 1.29 is 14.3 Å². The van der Waals surface area contributed by atoms with E-state index in [1.165, 1.54) is 25.7 Å². The molecule has 1 heterocycles. The van der Waals surface area contributed by atoms with Crippen LogP contribution < -0.4 is 5.32 Å². The molecule has 0 spiro atoms. The summed E-state index contributed by atoms with van der Waals surface area (Å²) in [6.45, 7) is 3.10. The fourth-order valence-corrected chi connectivity index (χ4v) is 2.45. The molecule has 0 unspecified atom stereocenters. The number of carbonyl (C=O) groups is 1. The molecule has 5 nitrogen and oxygen atoms in total. The van der Waals surface area contributed by atoms with E-state index in [2.05, 4.69) is 17.2 Å². The number of carboxylic acids is 1. The van der Waals surface area contributed by atoms with Crippen molar-refractivity contribution in [3.8, 4) is 0 Å². The van der Waals surface area contributed by atoms with Crippen molar-refractivity contribution in [2.75, 3.05) is 11.9 Å². The molecule has 0 aromatic carbocycles. The van der Waals surface area contributed by atoms with Gasteiger partial charge in [0.2, 0.25) is 0 Å². The van der Waals surface area contributed by atoms with Gasteiger partial charge in [0.05, 0.1) is 0 Å². The van der Waals surface area contributed by atoms with Crippen LogP contribution in [-0.2, 0) is 0 Å². The van der Waals surface area contributed by atoms with Crippen molar-refractivity contribution in [2.45, 2.75) is 39.0 Å². The van der Waals surface area contributed by atoms with Gasteiger partial charge in [0, 0.05) is 6.54 Å². The topological polar surface area (TPSA) is 75.4 Å². The summed E-state index contributed by atoms with van der Waals surface area (Å²) in [6.07, 6.45) is 7.51. The van der Waals surface area contributed by atoms with E-state index in [9.17, 15) is 4.79 Å². The molecule has 1 saturated carbocycles. The molecule has 2 rings (SSSR count). The summed E-state index contributed by atoms with van der Waals surface area (Å²) in [7, 11) is 0. The minimum atomic E-state index is -1.06. The van der Waals surface area contributed by atoms with Gasteiger partial charge in [-0.25, -0.2) is 4.79 Å². The quantitative estimate of drug-likeness (QED) is 0.842. The third-order valence-corrected chi connectivity index (χ3v) is 3.69. The Kier molecular flexibility index (Phi) is 4.23. The van der Waals surface area contributed by atoms with Crippen molar-refractivity contribution in [1.82, 2.24) is 4.98 Å². The van der Waals surface area contributed by atoms with Crippen LogP contribution >= 0.6 is 0 Å². The number of anilines is 1. The monoisotopic (exact) mass is 252 g/mol. The van der Waals surface area contributed by atoms with Crippen LogP contribution in [0.4, 0.5) is 6.01 Å². The van der Waals surface area contributed by atoms with E-state index in [1.54, 1.807) is 0 Å². The minimum absolute atomic E-state index is 0.0519. The van der Waals surface area contributed by atoms with Crippen LogP contribution in [0.25, 0.3) is 0 Å². The molecule has 18 heavy (non-hydrogen) atoms. The molecule has 1 fully saturated rings. The Balaban J connectivity index is 1.70. The molecule has 2 N–H and O–H groups in total. The lowest BCUT2D eigenvalue weighted by molar-refractivity contribution is 0.0690. The van der Waals surface area contributed by atoms with Crippen LogP contribution in [0.2, 0.25) is 0 Å². The molecule has 0 atom stereocenters. The number of carboxylic acid groups (broad SMARTS) is 1. The first-order valence-electron chi connectivity index (χ1n) is 6.58. The fourth-order valence-electron chi connectivity index (χ4n) is 2.45. The summed E-state index contributed by atoms with van der Waals surface area (Å²) in [5.41, 5.74) is -0.0519. The lowest BCUT2D eigenvalue weighted by atomic mass is 9.81. The van der Waals surface area contributed by atoms with Crippen LogP contribution in [0.3, 0.4) is 0 Å². The number of nitrogens with one attached hydrogen (secondary N) is 1. The first-order chi connectivity index (χ1) is 8.65. The lowest BCUT2D eigenvalue weighted by Gasteiger charge is -2.25. The molecular formula is C13H20N2O3. The van der Waals surface area contributed by atoms with E-state index < -0.39 is 5.97 Å². The molecule has 1 aliphatic carbocycles. The van der Waals surface area contributed by atoms with Crippen LogP contribution in [0.1, 0.15) is 49.5 Å². The van der Waals surface area contributed by atoms with Crippen molar-refractivity contribution in [1.29, 1.82) is 0 Å². The van der Waals surface area contributed by atoms with Gasteiger partial charge in [-0.15, -0.1) is 0 Å². The molecule has 1 aromatic rings. The Labute approximate surface area is 107 Å². The average Bonchev–Trinajstić information content (AvgIpc) is 2.81. The molecule has 1 aliphatic rings. The van der Waals surface area contributed by atoms with Gasteiger partial charge in [-0.05, 0) is 18.3 Å². The smallest absolute Gasteiger partial charge is 0.357 e. The standard InChI is InChI=1S/C13H20N2O3/c1-9-2-4-10(5-3-9)6-7-14-13-15-11(8-18-13)12(16)17/h8-10H,2-7H2,1H3,(H,14,15)(H,16,17). The van der Waals surface area contributed by atoms with Crippen LogP contribution in [0.5, 0.6) is 0 Å². The highest BCUT2D eigenvalue weighted by atomic mass is 16.4. The summed E-state index contributed by atoms with van der Waals surface area (Å²) in [5, 5.41) is 11.7. The van der Waals surface area contributed by atoms with Crippen LogP contribution in [0.15, 0.2) is 10.7 Å². The molecule has 0 bridgehead atoms. The van der Waals surface area contributed by atoms with E-state index in [1.807, 2.05) is 0 Å². The maximum Gasteiger partial charge on any atom is 0.357 e. The molecule has 1 aromatic heterocycles. The number of aromatic carboxylic acids is 1. The molecular weight excluding hydrogens is 232 g/mol. The summed E-state index contributed by atoms with van der Waals surface area (Å²) >= 11 is 0. The second-order valence-electron chi connectivity index (χ2n) is 5.18. The first-order valence-corrected chi connectivity index (χ1v) is 6.58. The molecule has 100 valence electrons. The number of aromatic nitrogens is 1. The van der Waals surface area contributed by atoms with E-state index in [4.69, 9.17) is 9.52 Å². The zero-order valence-corrected chi connectivity index (χ0v) is 10.7. The van der Waals surface area contributed by atoms with Gasteiger partial charge < -0.3 is 14.8 Å². The predicted molar refractivity (Wildman–Crippen MR) is 67.7 cm³/mol. The Morgan fingerprint density at radius 1 is 1.50 bits per heavy atom. The summed E-state index contributed by atoms with van der Waals surface area (Å²) in [5.74, 6) is 0.592. The van der Waals surface area contributed by atoms with Gasteiger partial charge in [-0.3, -0.25) is 0 Å². The number of nitrogens with zero attached hydrogens (tertiary/aromatic N) is 1. The van der Waals surface area contributed by atoms with Gasteiger partial charge in [0.1, 0.15) is 6.26 Å². The van der Waals surface area contributed by atoms with E-state index in [-0.39, 0.29) is 5.69 Å². The Morgan fingerprint density at radius 2 is 2.22 bits per heavy atom.